The SMILES string of the molecule is O=C1CC(=O)N(c2ncc(Cl)nc2Cl)C1. The van der Waals surface area contributed by atoms with Gasteiger partial charge in [0.25, 0.3) is 0 Å². The van der Waals surface area contributed by atoms with Gasteiger partial charge in [-0.3, -0.25) is 14.5 Å². The average molecular weight is 246 g/mol. The van der Waals surface area contributed by atoms with Gasteiger partial charge in [-0.2, -0.15) is 0 Å². The van der Waals surface area contributed by atoms with Crippen LogP contribution in [-0.2, 0) is 9.59 Å². The van der Waals surface area contributed by atoms with E-state index in [0.29, 0.717) is 0 Å². The first kappa shape index (κ1) is 10.3. The molecular formula is C8H5Cl2N3O2. The molecule has 0 atom stereocenters. The Balaban J connectivity index is 2.38. The van der Waals surface area contributed by atoms with Crippen LogP contribution in [0.1, 0.15) is 6.42 Å². The first-order chi connectivity index (χ1) is 7.08. The third-order valence-corrected chi connectivity index (χ3v) is 2.36. The molecule has 2 heterocycles. The maximum Gasteiger partial charge on any atom is 0.236 e. The Morgan fingerprint density at radius 1 is 1.33 bits per heavy atom. The Morgan fingerprint density at radius 3 is 2.60 bits per heavy atom. The number of amides is 1. The maximum atomic E-state index is 11.4. The Bertz CT molecular complexity index is 450. The van der Waals surface area contributed by atoms with Gasteiger partial charge in [-0.25, -0.2) is 9.97 Å². The third kappa shape index (κ3) is 1.93. The van der Waals surface area contributed by atoms with Crippen molar-refractivity contribution in [3.8, 4) is 0 Å². The summed E-state index contributed by atoms with van der Waals surface area (Å²) in [6, 6.07) is 0. The van der Waals surface area contributed by atoms with E-state index in [2.05, 4.69) is 9.97 Å². The molecule has 1 aromatic rings. The molecule has 0 aromatic carbocycles. The fourth-order valence-electron chi connectivity index (χ4n) is 1.30. The van der Waals surface area contributed by atoms with Crippen LogP contribution in [0.4, 0.5) is 5.82 Å². The standard InChI is InChI=1S/C8H5Cl2N3O2/c9-5-2-11-8(7(10)12-5)13-3-4(14)1-6(13)15/h2H,1,3H2. The highest BCUT2D eigenvalue weighted by atomic mass is 35.5. The van der Waals surface area contributed by atoms with Gasteiger partial charge in [0.1, 0.15) is 5.15 Å². The Kier molecular flexibility index (Phi) is 2.58. The van der Waals surface area contributed by atoms with Gasteiger partial charge in [0.05, 0.1) is 19.2 Å². The molecule has 0 unspecified atom stereocenters. The van der Waals surface area contributed by atoms with Crippen molar-refractivity contribution < 1.29 is 9.59 Å². The fraction of sp³-hybridized carbons (Fsp3) is 0.250. The monoisotopic (exact) mass is 245 g/mol. The van der Waals surface area contributed by atoms with E-state index in [1.165, 1.54) is 11.1 Å². The van der Waals surface area contributed by atoms with E-state index < -0.39 is 0 Å². The minimum Gasteiger partial charge on any atom is -0.297 e. The molecule has 78 valence electrons. The summed E-state index contributed by atoms with van der Waals surface area (Å²) in [4.78, 5) is 31.2. The summed E-state index contributed by atoms with van der Waals surface area (Å²) in [5, 5.41) is 0.160. The van der Waals surface area contributed by atoms with Crippen molar-refractivity contribution in [2.45, 2.75) is 6.42 Å². The number of hydrogen-bond acceptors (Lipinski definition) is 4. The van der Waals surface area contributed by atoms with E-state index in [0.717, 1.165) is 0 Å². The predicted molar refractivity (Wildman–Crippen MR) is 54.0 cm³/mol. The Hall–Kier alpha value is -1.20. The van der Waals surface area contributed by atoms with Gasteiger partial charge in [0.2, 0.25) is 5.91 Å². The molecule has 0 saturated carbocycles. The van der Waals surface area contributed by atoms with Gasteiger partial charge in [0.15, 0.2) is 16.8 Å². The number of anilines is 1. The number of carbonyl (C=O) groups excluding carboxylic acids is 2. The summed E-state index contributed by atoms with van der Waals surface area (Å²) in [5.41, 5.74) is 0. The predicted octanol–water partition coefficient (Wildman–Crippen LogP) is 1.09. The lowest BCUT2D eigenvalue weighted by molar-refractivity contribution is -0.121. The summed E-state index contributed by atoms with van der Waals surface area (Å²) >= 11 is 11.3. The molecule has 5 nitrogen and oxygen atoms in total. The number of rotatable bonds is 1. The first-order valence-electron chi connectivity index (χ1n) is 4.08. The lowest BCUT2D eigenvalue weighted by Gasteiger charge is -2.13. The van der Waals surface area contributed by atoms with Gasteiger partial charge < -0.3 is 0 Å². The molecule has 0 radical (unpaired) electrons. The van der Waals surface area contributed by atoms with Crippen LogP contribution in [0.25, 0.3) is 0 Å². The fourth-order valence-corrected chi connectivity index (χ4v) is 1.72. The van der Waals surface area contributed by atoms with Crippen molar-refractivity contribution in [2.24, 2.45) is 0 Å². The van der Waals surface area contributed by atoms with Crippen molar-refractivity contribution in [3.63, 3.8) is 0 Å². The van der Waals surface area contributed by atoms with Crippen LogP contribution in [-0.4, -0.2) is 28.2 Å². The number of carbonyl (C=O) groups is 2. The highest BCUT2D eigenvalue weighted by molar-refractivity contribution is 6.34. The molecule has 1 aliphatic rings. The van der Waals surface area contributed by atoms with Crippen molar-refractivity contribution in [2.75, 3.05) is 11.4 Å². The van der Waals surface area contributed by atoms with Crippen molar-refractivity contribution in [3.05, 3.63) is 16.5 Å². The molecule has 0 spiro atoms. The normalized spacial score (nSPS) is 16.3. The molecule has 0 bridgehead atoms. The van der Waals surface area contributed by atoms with Crippen LogP contribution in [0.15, 0.2) is 6.20 Å². The van der Waals surface area contributed by atoms with E-state index in [1.54, 1.807) is 0 Å². The lowest BCUT2D eigenvalue weighted by atomic mass is 10.3. The number of hydrogen-bond donors (Lipinski definition) is 0. The Labute approximate surface area is 95.0 Å². The highest BCUT2D eigenvalue weighted by Gasteiger charge is 2.31. The molecule has 1 saturated heterocycles. The van der Waals surface area contributed by atoms with E-state index >= 15 is 0 Å². The van der Waals surface area contributed by atoms with Gasteiger partial charge in [0, 0.05) is 0 Å². The molecule has 1 aromatic heterocycles. The number of Topliss-reactive ketones (excluding diaryl/α,β-unsaturated/α-hetero) is 1. The summed E-state index contributed by atoms with van der Waals surface area (Å²) in [6.07, 6.45) is 1.17. The van der Waals surface area contributed by atoms with Crippen molar-refractivity contribution in [1.29, 1.82) is 0 Å². The number of aromatic nitrogens is 2. The zero-order valence-corrected chi connectivity index (χ0v) is 8.92. The molecule has 7 heteroatoms. The minimum absolute atomic E-state index is 0.00509. The molecule has 1 amide bonds. The molecule has 2 rings (SSSR count). The summed E-state index contributed by atoms with van der Waals surface area (Å²) < 4.78 is 0. The maximum absolute atomic E-state index is 11.4. The van der Waals surface area contributed by atoms with E-state index in [-0.39, 0.29) is 40.8 Å². The highest BCUT2D eigenvalue weighted by Crippen LogP contribution is 2.25. The molecule has 1 fully saturated rings. The lowest BCUT2D eigenvalue weighted by Crippen LogP contribution is -2.26. The zero-order chi connectivity index (χ0) is 11.0. The van der Waals surface area contributed by atoms with Crippen molar-refractivity contribution in [1.82, 2.24) is 9.97 Å². The molecule has 0 N–H and O–H groups in total. The second-order valence-electron chi connectivity index (χ2n) is 3.00. The second-order valence-corrected chi connectivity index (χ2v) is 3.75. The largest absolute Gasteiger partial charge is 0.297 e. The number of halogens is 2. The van der Waals surface area contributed by atoms with Gasteiger partial charge in [-0.05, 0) is 0 Å². The minimum atomic E-state index is -0.321. The number of nitrogens with zero attached hydrogens (tertiary/aromatic N) is 3. The third-order valence-electron chi connectivity index (χ3n) is 1.92. The number of ketones is 1. The van der Waals surface area contributed by atoms with Crippen molar-refractivity contribution >= 4 is 40.7 Å². The van der Waals surface area contributed by atoms with E-state index in [1.807, 2.05) is 0 Å². The van der Waals surface area contributed by atoms with Crippen LogP contribution in [0, 0.1) is 0 Å². The van der Waals surface area contributed by atoms with Crippen LogP contribution >= 0.6 is 23.2 Å². The molecular weight excluding hydrogens is 241 g/mol. The Morgan fingerprint density at radius 2 is 2.07 bits per heavy atom. The second kappa shape index (κ2) is 3.75. The summed E-state index contributed by atoms with van der Waals surface area (Å²) in [6.45, 7) is -0.00509. The zero-order valence-electron chi connectivity index (χ0n) is 7.41. The topological polar surface area (TPSA) is 63.2 Å². The molecule has 1 aliphatic heterocycles. The molecule has 0 aliphatic carbocycles. The van der Waals surface area contributed by atoms with Crippen LogP contribution in [0.2, 0.25) is 10.3 Å². The van der Waals surface area contributed by atoms with E-state index in [9.17, 15) is 9.59 Å². The quantitative estimate of drug-likeness (QED) is 0.696. The van der Waals surface area contributed by atoms with Gasteiger partial charge >= 0.3 is 0 Å². The summed E-state index contributed by atoms with van der Waals surface area (Å²) in [5.74, 6) is -0.303. The smallest absolute Gasteiger partial charge is 0.236 e. The van der Waals surface area contributed by atoms with Gasteiger partial charge in [-0.1, -0.05) is 23.2 Å². The van der Waals surface area contributed by atoms with Crippen LogP contribution in [0.3, 0.4) is 0 Å². The van der Waals surface area contributed by atoms with Gasteiger partial charge in [-0.15, -0.1) is 0 Å². The molecule has 15 heavy (non-hydrogen) atoms. The van der Waals surface area contributed by atoms with Crippen LogP contribution < -0.4 is 4.90 Å². The average Bonchev–Trinajstić information content (AvgIpc) is 2.45. The first-order valence-corrected chi connectivity index (χ1v) is 4.83. The van der Waals surface area contributed by atoms with E-state index in [4.69, 9.17) is 23.2 Å². The van der Waals surface area contributed by atoms with Crippen LogP contribution in [0.5, 0.6) is 0 Å². The summed E-state index contributed by atoms with van der Waals surface area (Å²) in [7, 11) is 0.